The zero-order chi connectivity index (χ0) is 21.0. The van der Waals surface area contributed by atoms with Crippen molar-refractivity contribution in [2.24, 2.45) is 0 Å². The number of methoxy groups -OCH3 is 1. The molecule has 9 nitrogen and oxygen atoms in total. The van der Waals surface area contributed by atoms with E-state index in [1.807, 2.05) is 14.1 Å². The number of benzene rings is 1. The second kappa shape index (κ2) is 9.10. The third kappa shape index (κ3) is 5.26. The van der Waals surface area contributed by atoms with E-state index in [0.717, 1.165) is 25.9 Å². The molecule has 3 rings (SSSR count). The van der Waals surface area contributed by atoms with Crippen molar-refractivity contribution in [3.05, 3.63) is 29.0 Å². The van der Waals surface area contributed by atoms with E-state index in [1.165, 1.54) is 31.7 Å². The van der Waals surface area contributed by atoms with Crippen LogP contribution in [0.15, 0.2) is 23.1 Å². The molecule has 2 aromatic rings. The minimum absolute atomic E-state index is 0.0430. The average molecular weight is 441 g/mol. The number of rotatable bonds is 7. The number of nitrogens with zero attached hydrogens (tertiary/aromatic N) is 5. The van der Waals surface area contributed by atoms with Crippen molar-refractivity contribution < 1.29 is 13.2 Å². The van der Waals surface area contributed by atoms with Crippen LogP contribution in [0.1, 0.15) is 25.1 Å². The summed E-state index contributed by atoms with van der Waals surface area (Å²) in [5.74, 6) is 1.82. The smallest absolute Gasteiger partial charge is 0.241 e. The fourth-order valence-electron chi connectivity index (χ4n) is 2.97. The molecule has 1 aromatic carbocycles. The second-order valence-corrected chi connectivity index (χ2v) is 9.09. The average Bonchev–Trinajstić information content (AvgIpc) is 2.72. The third-order valence-corrected chi connectivity index (χ3v) is 6.25. The Morgan fingerprint density at radius 3 is 2.52 bits per heavy atom. The van der Waals surface area contributed by atoms with Crippen LogP contribution >= 0.6 is 11.6 Å². The first-order valence-corrected chi connectivity index (χ1v) is 11.2. The topological polar surface area (TPSA) is 101 Å². The van der Waals surface area contributed by atoms with Crippen LogP contribution < -0.4 is 19.3 Å². The van der Waals surface area contributed by atoms with Gasteiger partial charge in [-0.25, -0.2) is 13.1 Å². The van der Waals surface area contributed by atoms with Gasteiger partial charge >= 0.3 is 0 Å². The molecule has 0 aliphatic carbocycles. The van der Waals surface area contributed by atoms with E-state index in [0.29, 0.717) is 23.5 Å². The van der Waals surface area contributed by atoms with Gasteiger partial charge in [-0.05, 0) is 37.5 Å². The quantitative estimate of drug-likeness (QED) is 0.698. The van der Waals surface area contributed by atoms with Crippen molar-refractivity contribution >= 4 is 33.5 Å². The summed E-state index contributed by atoms with van der Waals surface area (Å²) in [5, 5.41) is 0.220. The maximum absolute atomic E-state index is 12.7. The number of halogens is 1. The fraction of sp³-hybridized carbons (Fsp3) is 0.500. The molecule has 1 N–H and O–H groups in total. The van der Waals surface area contributed by atoms with Gasteiger partial charge in [-0.1, -0.05) is 11.6 Å². The number of aromatic nitrogens is 3. The highest BCUT2D eigenvalue weighted by atomic mass is 35.5. The predicted octanol–water partition coefficient (Wildman–Crippen LogP) is 2.07. The van der Waals surface area contributed by atoms with E-state index >= 15 is 0 Å². The Balaban J connectivity index is 1.81. The summed E-state index contributed by atoms with van der Waals surface area (Å²) >= 11 is 6.05. The third-order valence-electron chi connectivity index (χ3n) is 4.55. The Hall–Kier alpha value is -2.17. The van der Waals surface area contributed by atoms with Crippen molar-refractivity contribution in [2.75, 3.05) is 44.1 Å². The Morgan fingerprint density at radius 1 is 1.17 bits per heavy atom. The predicted molar refractivity (Wildman–Crippen MR) is 112 cm³/mol. The van der Waals surface area contributed by atoms with E-state index in [-0.39, 0.29) is 16.5 Å². The first-order valence-electron chi connectivity index (χ1n) is 9.30. The molecule has 29 heavy (non-hydrogen) atoms. The van der Waals surface area contributed by atoms with Gasteiger partial charge in [0.1, 0.15) is 5.75 Å². The molecular formula is C18H25ClN6O3S. The molecule has 1 saturated heterocycles. The van der Waals surface area contributed by atoms with E-state index in [4.69, 9.17) is 16.3 Å². The van der Waals surface area contributed by atoms with Crippen molar-refractivity contribution in [1.82, 2.24) is 19.7 Å². The van der Waals surface area contributed by atoms with Crippen molar-refractivity contribution in [2.45, 2.75) is 30.7 Å². The summed E-state index contributed by atoms with van der Waals surface area (Å²) in [4.78, 5) is 17.3. The molecule has 1 fully saturated rings. The van der Waals surface area contributed by atoms with E-state index in [1.54, 1.807) is 4.90 Å². The molecule has 0 atom stereocenters. The van der Waals surface area contributed by atoms with E-state index in [2.05, 4.69) is 24.6 Å². The SMILES string of the molecule is COc1ccc(S(=O)(=O)NCc2nc(N(C)C)nc(N3CCCCC3)n2)cc1Cl. The molecule has 0 radical (unpaired) electrons. The van der Waals surface area contributed by atoms with Gasteiger partial charge in [0.25, 0.3) is 0 Å². The number of ether oxygens (including phenoxy) is 1. The van der Waals surface area contributed by atoms with Gasteiger partial charge in [0.15, 0.2) is 5.82 Å². The number of hydrogen-bond acceptors (Lipinski definition) is 8. The summed E-state index contributed by atoms with van der Waals surface area (Å²) in [6, 6.07) is 4.30. The maximum Gasteiger partial charge on any atom is 0.241 e. The highest BCUT2D eigenvalue weighted by Gasteiger charge is 2.20. The summed E-state index contributed by atoms with van der Waals surface area (Å²) in [7, 11) is 1.35. The minimum atomic E-state index is -3.79. The normalized spacial score (nSPS) is 14.7. The van der Waals surface area contributed by atoms with Gasteiger partial charge in [0.2, 0.25) is 21.9 Å². The molecule has 2 heterocycles. The van der Waals surface area contributed by atoms with Crippen molar-refractivity contribution in [3.8, 4) is 5.75 Å². The maximum atomic E-state index is 12.7. The van der Waals surface area contributed by atoms with Gasteiger partial charge in [-0.15, -0.1) is 0 Å². The Morgan fingerprint density at radius 2 is 1.90 bits per heavy atom. The van der Waals surface area contributed by atoms with Crippen LogP contribution in [-0.4, -0.2) is 57.7 Å². The second-order valence-electron chi connectivity index (χ2n) is 6.91. The molecule has 0 saturated carbocycles. The standard InChI is InChI=1S/C18H25ClN6O3S/c1-24(2)17-21-16(22-18(23-17)25-9-5-4-6-10-25)12-20-29(26,27)13-7-8-15(28-3)14(19)11-13/h7-8,11,20H,4-6,9-10,12H2,1-3H3. The number of anilines is 2. The lowest BCUT2D eigenvalue weighted by Gasteiger charge is -2.27. The van der Waals surface area contributed by atoms with Crippen LogP contribution in [0.3, 0.4) is 0 Å². The number of hydrogen-bond donors (Lipinski definition) is 1. The minimum Gasteiger partial charge on any atom is -0.495 e. The highest BCUT2D eigenvalue weighted by molar-refractivity contribution is 7.89. The van der Waals surface area contributed by atoms with Crippen LogP contribution in [0.25, 0.3) is 0 Å². The number of piperidine rings is 1. The lowest BCUT2D eigenvalue weighted by Crippen LogP contribution is -2.33. The van der Waals surface area contributed by atoms with E-state index in [9.17, 15) is 8.42 Å². The summed E-state index contributed by atoms with van der Waals surface area (Å²) in [6.07, 6.45) is 3.37. The molecule has 158 valence electrons. The molecule has 1 aliphatic rings. The summed E-state index contributed by atoms with van der Waals surface area (Å²) in [6.45, 7) is 1.70. The molecule has 0 amide bonds. The van der Waals surface area contributed by atoms with Crippen LogP contribution in [-0.2, 0) is 16.6 Å². The Kier molecular flexibility index (Phi) is 6.76. The molecule has 1 aromatic heterocycles. The first kappa shape index (κ1) is 21.5. The molecule has 0 spiro atoms. The molecule has 1 aliphatic heterocycles. The molecular weight excluding hydrogens is 416 g/mol. The van der Waals surface area contributed by atoms with Gasteiger partial charge in [-0.2, -0.15) is 15.0 Å². The molecule has 11 heteroatoms. The van der Waals surface area contributed by atoms with Gasteiger partial charge in [0, 0.05) is 27.2 Å². The molecule has 0 bridgehead atoms. The van der Waals surface area contributed by atoms with Crippen LogP contribution in [0, 0.1) is 0 Å². The zero-order valence-corrected chi connectivity index (χ0v) is 18.3. The van der Waals surface area contributed by atoms with Crippen LogP contribution in [0.4, 0.5) is 11.9 Å². The largest absolute Gasteiger partial charge is 0.495 e. The van der Waals surface area contributed by atoms with Gasteiger partial charge < -0.3 is 14.5 Å². The molecule has 0 unspecified atom stereocenters. The summed E-state index contributed by atoms with van der Waals surface area (Å²) < 4.78 is 32.9. The van der Waals surface area contributed by atoms with Crippen molar-refractivity contribution in [3.63, 3.8) is 0 Å². The number of sulfonamides is 1. The highest BCUT2D eigenvalue weighted by Crippen LogP contribution is 2.27. The first-order chi connectivity index (χ1) is 13.8. The van der Waals surface area contributed by atoms with Crippen LogP contribution in [0.2, 0.25) is 5.02 Å². The number of nitrogens with one attached hydrogen (secondary N) is 1. The van der Waals surface area contributed by atoms with Crippen LogP contribution in [0.5, 0.6) is 5.75 Å². The monoisotopic (exact) mass is 440 g/mol. The fourth-order valence-corrected chi connectivity index (χ4v) is 4.30. The Labute approximate surface area is 176 Å². The van der Waals surface area contributed by atoms with E-state index < -0.39 is 10.0 Å². The Bertz CT molecular complexity index is 964. The van der Waals surface area contributed by atoms with Crippen molar-refractivity contribution in [1.29, 1.82) is 0 Å². The lowest BCUT2D eigenvalue weighted by atomic mass is 10.1. The lowest BCUT2D eigenvalue weighted by molar-refractivity contribution is 0.414. The summed E-state index contributed by atoms with van der Waals surface area (Å²) in [5.41, 5.74) is 0. The van der Waals surface area contributed by atoms with Gasteiger partial charge in [0.05, 0.1) is 23.6 Å². The zero-order valence-electron chi connectivity index (χ0n) is 16.7. The van der Waals surface area contributed by atoms with Gasteiger partial charge in [-0.3, -0.25) is 0 Å².